The van der Waals surface area contributed by atoms with Crippen molar-refractivity contribution in [3.8, 4) is 0 Å². The van der Waals surface area contributed by atoms with Crippen LogP contribution in [0.4, 0.5) is 5.69 Å². The zero-order valence-corrected chi connectivity index (χ0v) is 14.3. The summed E-state index contributed by atoms with van der Waals surface area (Å²) in [6.07, 6.45) is 0. The number of hydrogen-bond donors (Lipinski definition) is 2. The third kappa shape index (κ3) is 3.58. The van der Waals surface area contributed by atoms with E-state index in [1.807, 2.05) is 24.3 Å². The number of nitrogens with two attached hydrogens (primary N) is 1. The van der Waals surface area contributed by atoms with Crippen molar-refractivity contribution in [1.82, 2.24) is 4.72 Å². The summed E-state index contributed by atoms with van der Waals surface area (Å²) in [5, 5.41) is 0.0989. The first-order chi connectivity index (χ1) is 9.83. The number of rotatable bonds is 4. The van der Waals surface area contributed by atoms with Crippen LogP contribution in [0.25, 0.3) is 0 Å². The van der Waals surface area contributed by atoms with E-state index in [2.05, 4.69) is 20.7 Å². The molecule has 1 unspecified atom stereocenters. The van der Waals surface area contributed by atoms with Gasteiger partial charge in [0.1, 0.15) is 4.90 Å². The van der Waals surface area contributed by atoms with E-state index in [9.17, 15) is 8.42 Å². The molecule has 21 heavy (non-hydrogen) atoms. The fourth-order valence-corrected chi connectivity index (χ4v) is 4.52. The lowest BCUT2D eigenvalue weighted by Gasteiger charge is -2.17. The molecule has 7 heteroatoms. The highest BCUT2D eigenvalue weighted by Crippen LogP contribution is 2.29. The predicted molar refractivity (Wildman–Crippen MR) is 88.7 cm³/mol. The van der Waals surface area contributed by atoms with Gasteiger partial charge in [0.2, 0.25) is 10.0 Å². The number of halogens is 2. The Hall–Kier alpha value is -1.08. The van der Waals surface area contributed by atoms with Crippen LogP contribution in [0.15, 0.2) is 51.8 Å². The second-order valence-corrected chi connectivity index (χ2v) is 7.44. The highest BCUT2D eigenvalue weighted by Gasteiger charge is 2.24. The highest BCUT2D eigenvalue weighted by atomic mass is 79.9. The Morgan fingerprint density at radius 3 is 2.48 bits per heavy atom. The van der Waals surface area contributed by atoms with Crippen LogP contribution in [0.5, 0.6) is 0 Å². The van der Waals surface area contributed by atoms with Crippen molar-refractivity contribution in [2.45, 2.75) is 17.9 Å². The largest absolute Gasteiger partial charge is 0.398 e. The van der Waals surface area contributed by atoms with E-state index < -0.39 is 16.1 Å². The first kappa shape index (κ1) is 16.3. The normalized spacial score (nSPS) is 13.1. The molecule has 3 N–H and O–H groups in total. The molecule has 0 fully saturated rings. The van der Waals surface area contributed by atoms with Crippen LogP contribution in [-0.2, 0) is 10.0 Å². The van der Waals surface area contributed by atoms with E-state index in [1.165, 1.54) is 12.1 Å². The lowest BCUT2D eigenvalue weighted by Crippen LogP contribution is -2.28. The number of anilines is 1. The molecular formula is C14H14BrClN2O2S. The SMILES string of the molecule is CC(NS(=O)(=O)c1c(N)cccc1Cl)c1ccccc1Br. The third-order valence-corrected chi connectivity index (χ3v) is 5.78. The van der Waals surface area contributed by atoms with Crippen molar-refractivity contribution in [1.29, 1.82) is 0 Å². The van der Waals surface area contributed by atoms with Gasteiger partial charge in [0, 0.05) is 10.5 Å². The van der Waals surface area contributed by atoms with E-state index in [-0.39, 0.29) is 15.6 Å². The number of hydrogen-bond acceptors (Lipinski definition) is 3. The Kier molecular flexibility index (Phi) is 4.93. The van der Waals surface area contributed by atoms with Gasteiger partial charge in [-0.25, -0.2) is 13.1 Å². The third-order valence-electron chi connectivity index (χ3n) is 2.97. The van der Waals surface area contributed by atoms with Crippen molar-refractivity contribution in [3.63, 3.8) is 0 Å². The highest BCUT2D eigenvalue weighted by molar-refractivity contribution is 9.10. The van der Waals surface area contributed by atoms with Crippen molar-refractivity contribution >= 4 is 43.2 Å². The molecule has 0 aromatic heterocycles. The fourth-order valence-electron chi connectivity index (χ4n) is 1.99. The molecule has 1 atom stereocenters. The zero-order valence-electron chi connectivity index (χ0n) is 11.2. The second-order valence-electron chi connectivity index (χ2n) is 4.52. The van der Waals surface area contributed by atoms with Gasteiger partial charge in [-0.2, -0.15) is 0 Å². The van der Waals surface area contributed by atoms with E-state index in [0.717, 1.165) is 10.0 Å². The number of nitrogens with one attached hydrogen (secondary N) is 1. The van der Waals surface area contributed by atoms with Crippen LogP contribution in [-0.4, -0.2) is 8.42 Å². The van der Waals surface area contributed by atoms with Crippen LogP contribution in [0.3, 0.4) is 0 Å². The number of sulfonamides is 1. The van der Waals surface area contributed by atoms with Gasteiger partial charge in [-0.1, -0.05) is 51.8 Å². The van der Waals surface area contributed by atoms with Crippen molar-refractivity contribution < 1.29 is 8.42 Å². The molecule has 112 valence electrons. The van der Waals surface area contributed by atoms with Gasteiger partial charge in [0.05, 0.1) is 10.7 Å². The average molecular weight is 390 g/mol. The van der Waals surface area contributed by atoms with Crippen molar-refractivity contribution in [2.24, 2.45) is 0 Å². The fraction of sp³-hybridized carbons (Fsp3) is 0.143. The maximum atomic E-state index is 12.5. The summed E-state index contributed by atoms with van der Waals surface area (Å²) in [5.41, 5.74) is 6.68. The van der Waals surface area contributed by atoms with Gasteiger partial charge in [-0.3, -0.25) is 0 Å². The van der Waals surface area contributed by atoms with E-state index in [4.69, 9.17) is 17.3 Å². The van der Waals surface area contributed by atoms with Gasteiger partial charge in [-0.15, -0.1) is 0 Å². The Morgan fingerprint density at radius 2 is 1.86 bits per heavy atom. The lowest BCUT2D eigenvalue weighted by atomic mass is 10.1. The van der Waals surface area contributed by atoms with Crippen LogP contribution in [0.2, 0.25) is 5.02 Å². The first-order valence-electron chi connectivity index (χ1n) is 6.13. The molecule has 2 rings (SSSR count). The Morgan fingerprint density at radius 1 is 1.19 bits per heavy atom. The molecule has 0 heterocycles. The molecule has 4 nitrogen and oxygen atoms in total. The van der Waals surface area contributed by atoms with Crippen LogP contribution in [0.1, 0.15) is 18.5 Å². The molecule has 0 aliphatic rings. The van der Waals surface area contributed by atoms with Gasteiger partial charge >= 0.3 is 0 Å². The zero-order chi connectivity index (χ0) is 15.6. The minimum Gasteiger partial charge on any atom is -0.398 e. The summed E-state index contributed by atoms with van der Waals surface area (Å²) in [4.78, 5) is -0.0921. The molecule has 0 aliphatic carbocycles. The van der Waals surface area contributed by atoms with Gasteiger partial charge < -0.3 is 5.73 Å². The summed E-state index contributed by atoms with van der Waals surface area (Å²) < 4.78 is 28.4. The number of nitrogen functional groups attached to an aromatic ring is 1. The summed E-state index contributed by atoms with van der Waals surface area (Å²) in [7, 11) is -3.81. The second kappa shape index (κ2) is 6.36. The monoisotopic (exact) mass is 388 g/mol. The molecule has 2 aromatic carbocycles. The van der Waals surface area contributed by atoms with Crippen molar-refractivity contribution in [3.05, 3.63) is 57.5 Å². The van der Waals surface area contributed by atoms with Gasteiger partial charge in [-0.05, 0) is 30.7 Å². The van der Waals surface area contributed by atoms with Gasteiger partial charge in [0.25, 0.3) is 0 Å². The lowest BCUT2D eigenvalue weighted by molar-refractivity contribution is 0.567. The minimum atomic E-state index is -3.81. The molecular weight excluding hydrogens is 376 g/mol. The Bertz CT molecular complexity index is 745. The van der Waals surface area contributed by atoms with Gasteiger partial charge in [0.15, 0.2) is 0 Å². The molecule has 0 radical (unpaired) electrons. The quantitative estimate of drug-likeness (QED) is 0.783. The van der Waals surface area contributed by atoms with Crippen LogP contribution < -0.4 is 10.5 Å². The molecule has 0 aliphatic heterocycles. The van der Waals surface area contributed by atoms with Crippen LogP contribution >= 0.6 is 27.5 Å². The van der Waals surface area contributed by atoms with Crippen molar-refractivity contribution in [2.75, 3.05) is 5.73 Å². The maximum Gasteiger partial charge on any atom is 0.244 e. The molecule has 2 aromatic rings. The molecule has 0 saturated carbocycles. The average Bonchev–Trinajstić information content (AvgIpc) is 2.37. The standard InChI is InChI=1S/C14H14BrClN2O2S/c1-9(10-5-2-3-6-11(10)15)18-21(19,20)14-12(16)7-4-8-13(14)17/h2-9,18H,17H2,1H3. The Labute approximate surface area is 137 Å². The minimum absolute atomic E-state index is 0.0921. The smallest absolute Gasteiger partial charge is 0.244 e. The number of benzene rings is 2. The first-order valence-corrected chi connectivity index (χ1v) is 8.79. The van der Waals surface area contributed by atoms with E-state index >= 15 is 0 Å². The molecule has 0 bridgehead atoms. The molecule has 0 saturated heterocycles. The summed E-state index contributed by atoms with van der Waals surface area (Å²) in [5.74, 6) is 0. The summed E-state index contributed by atoms with van der Waals surface area (Å²) >= 11 is 9.37. The van der Waals surface area contributed by atoms with Crippen LogP contribution in [0, 0.1) is 0 Å². The summed E-state index contributed by atoms with van der Waals surface area (Å²) in [6.45, 7) is 1.75. The Balaban J connectivity index is 2.36. The van der Waals surface area contributed by atoms with E-state index in [1.54, 1.807) is 13.0 Å². The predicted octanol–water partition coefficient (Wildman–Crippen LogP) is 3.72. The summed E-state index contributed by atoms with van der Waals surface area (Å²) in [6, 6.07) is 11.6. The molecule has 0 amide bonds. The molecule has 0 spiro atoms. The topological polar surface area (TPSA) is 72.2 Å². The maximum absolute atomic E-state index is 12.5. The van der Waals surface area contributed by atoms with E-state index in [0.29, 0.717) is 0 Å².